The normalized spacial score (nSPS) is 13.7. The van der Waals surface area contributed by atoms with Gasteiger partial charge in [0.1, 0.15) is 5.78 Å². The van der Waals surface area contributed by atoms with Gasteiger partial charge in [-0.15, -0.1) is 0 Å². The van der Waals surface area contributed by atoms with E-state index in [1.165, 1.54) is 34.9 Å². The summed E-state index contributed by atoms with van der Waals surface area (Å²) < 4.78 is 0. The van der Waals surface area contributed by atoms with Gasteiger partial charge in [0.25, 0.3) is 0 Å². The zero-order valence-electron chi connectivity index (χ0n) is 8.76. The fourth-order valence-corrected chi connectivity index (χ4v) is 2.29. The smallest absolute Gasteiger partial charge is 0.134 e. The molecule has 0 spiro atoms. The van der Waals surface area contributed by atoms with Crippen LogP contribution < -0.4 is 0 Å². The van der Waals surface area contributed by atoms with Crippen LogP contribution in [0.15, 0.2) is 18.3 Å². The number of hydrogen-bond donors (Lipinski definition) is 1. The van der Waals surface area contributed by atoms with Gasteiger partial charge in [-0.05, 0) is 48.6 Å². The summed E-state index contributed by atoms with van der Waals surface area (Å²) in [6.45, 7) is 1.64. The number of carbonyl (C=O) groups is 1. The van der Waals surface area contributed by atoms with E-state index in [1.54, 1.807) is 6.92 Å². The minimum Gasteiger partial charge on any atom is -0.361 e. The van der Waals surface area contributed by atoms with Crippen molar-refractivity contribution in [3.63, 3.8) is 0 Å². The van der Waals surface area contributed by atoms with Crippen molar-refractivity contribution in [2.75, 3.05) is 0 Å². The van der Waals surface area contributed by atoms with Crippen molar-refractivity contribution in [1.82, 2.24) is 4.98 Å². The molecule has 2 nitrogen and oxygen atoms in total. The molecule has 0 saturated carbocycles. The van der Waals surface area contributed by atoms with Crippen LogP contribution in [-0.2, 0) is 24.1 Å². The second-order valence-corrected chi connectivity index (χ2v) is 4.36. The van der Waals surface area contributed by atoms with Gasteiger partial charge in [0.05, 0.1) is 0 Å². The van der Waals surface area contributed by atoms with E-state index in [0.29, 0.717) is 6.42 Å². The number of Topliss-reactive ketones (excluding diaryl/α,β-unsaturated/α-hetero) is 1. The van der Waals surface area contributed by atoms with Gasteiger partial charge in [-0.1, -0.05) is 0 Å². The van der Waals surface area contributed by atoms with Crippen LogP contribution in [0.4, 0.5) is 0 Å². The molecule has 0 radical (unpaired) electrons. The molecule has 76 valence electrons. The summed E-state index contributed by atoms with van der Waals surface area (Å²) in [5.74, 6) is 0.221. The van der Waals surface area contributed by atoms with Crippen LogP contribution in [0, 0.1) is 0 Å². The molecule has 1 aliphatic carbocycles. The van der Waals surface area contributed by atoms with Gasteiger partial charge in [-0.3, -0.25) is 4.79 Å². The molecule has 0 atom stereocenters. The average molecular weight is 199 g/mol. The van der Waals surface area contributed by atoms with E-state index < -0.39 is 0 Å². The number of fused-ring (bicyclic) bond motifs is 2. The van der Waals surface area contributed by atoms with Gasteiger partial charge >= 0.3 is 0 Å². The van der Waals surface area contributed by atoms with E-state index in [2.05, 4.69) is 17.1 Å². The van der Waals surface area contributed by atoms with Crippen molar-refractivity contribution in [3.05, 3.63) is 35.0 Å². The highest BCUT2D eigenvalue weighted by Crippen LogP contribution is 2.29. The predicted octanol–water partition coefficient (Wildman–Crippen LogP) is 2.40. The van der Waals surface area contributed by atoms with Crippen LogP contribution in [0.5, 0.6) is 0 Å². The number of carbonyl (C=O) groups excluding carboxylic acids is 1. The third-order valence-corrected chi connectivity index (χ3v) is 3.19. The highest BCUT2D eigenvalue weighted by atomic mass is 16.1. The molecule has 3 rings (SSSR count). The van der Waals surface area contributed by atoms with E-state index in [9.17, 15) is 4.79 Å². The van der Waals surface area contributed by atoms with Crippen LogP contribution in [0.3, 0.4) is 0 Å². The lowest BCUT2D eigenvalue weighted by Gasteiger charge is -2.18. The maximum atomic E-state index is 11.1. The fourth-order valence-electron chi connectivity index (χ4n) is 2.29. The lowest BCUT2D eigenvalue weighted by atomic mass is 9.87. The van der Waals surface area contributed by atoms with Crippen molar-refractivity contribution in [2.24, 2.45) is 0 Å². The first kappa shape index (κ1) is 8.72. The molecule has 0 amide bonds. The Morgan fingerprint density at radius 1 is 1.33 bits per heavy atom. The number of hydrogen-bond acceptors (Lipinski definition) is 1. The molecule has 0 saturated heterocycles. The largest absolute Gasteiger partial charge is 0.361 e. The highest BCUT2D eigenvalue weighted by Gasteiger charge is 2.15. The number of H-pyrrole nitrogens is 1. The summed E-state index contributed by atoms with van der Waals surface area (Å²) >= 11 is 0. The average Bonchev–Trinajstić information content (AvgIpc) is 2.51. The Labute approximate surface area is 88.3 Å². The first-order valence-corrected chi connectivity index (χ1v) is 5.35. The fraction of sp³-hybridized carbons (Fsp3) is 0.308. The van der Waals surface area contributed by atoms with Gasteiger partial charge in [0.2, 0.25) is 0 Å². The van der Waals surface area contributed by atoms with Crippen molar-refractivity contribution in [3.8, 4) is 0 Å². The SMILES string of the molecule is CC(=O)Cc1c[nH]c2cc3c(cc12)CC3. The number of aromatic amines is 1. The molecule has 0 bridgehead atoms. The van der Waals surface area contributed by atoms with Gasteiger partial charge in [-0.25, -0.2) is 0 Å². The summed E-state index contributed by atoms with van der Waals surface area (Å²) in [5, 5.41) is 1.23. The van der Waals surface area contributed by atoms with Crippen molar-refractivity contribution >= 4 is 16.7 Å². The van der Waals surface area contributed by atoms with Gasteiger partial charge < -0.3 is 4.98 Å². The molecule has 1 aliphatic rings. The predicted molar refractivity (Wildman–Crippen MR) is 60.1 cm³/mol. The molecule has 1 aromatic heterocycles. The molecule has 1 N–H and O–H groups in total. The highest BCUT2D eigenvalue weighted by molar-refractivity contribution is 5.90. The molecule has 2 aromatic rings. The zero-order valence-corrected chi connectivity index (χ0v) is 8.76. The zero-order chi connectivity index (χ0) is 10.4. The standard InChI is InChI=1S/C13H13NO/c1-8(15)4-11-7-14-13-6-10-3-2-9(10)5-12(11)13/h5-7,14H,2-4H2,1H3. The molecule has 15 heavy (non-hydrogen) atoms. The van der Waals surface area contributed by atoms with Gasteiger partial charge in [0.15, 0.2) is 0 Å². The first-order chi connectivity index (χ1) is 7.24. The molecule has 1 aromatic carbocycles. The molecular formula is C13H13NO. The quantitative estimate of drug-likeness (QED) is 0.791. The summed E-state index contributed by atoms with van der Waals surface area (Å²) in [6.07, 6.45) is 4.89. The van der Waals surface area contributed by atoms with E-state index in [0.717, 1.165) is 5.56 Å². The molecule has 2 heteroatoms. The molecule has 1 heterocycles. The van der Waals surface area contributed by atoms with E-state index >= 15 is 0 Å². The Kier molecular flexibility index (Phi) is 1.72. The maximum Gasteiger partial charge on any atom is 0.134 e. The van der Waals surface area contributed by atoms with E-state index in [1.807, 2.05) is 6.20 Å². The monoisotopic (exact) mass is 199 g/mol. The minimum atomic E-state index is 0.221. The maximum absolute atomic E-state index is 11.1. The van der Waals surface area contributed by atoms with Crippen LogP contribution in [0.2, 0.25) is 0 Å². The number of aryl methyl sites for hydroxylation is 2. The Hall–Kier alpha value is -1.57. The minimum absolute atomic E-state index is 0.221. The number of ketones is 1. The summed E-state index contributed by atoms with van der Waals surface area (Å²) in [4.78, 5) is 14.4. The topological polar surface area (TPSA) is 32.9 Å². The molecule has 0 fully saturated rings. The molecule has 0 unspecified atom stereocenters. The lowest BCUT2D eigenvalue weighted by Crippen LogP contribution is -2.07. The van der Waals surface area contributed by atoms with Crippen LogP contribution in [-0.4, -0.2) is 10.8 Å². The number of aromatic nitrogens is 1. The molecular weight excluding hydrogens is 186 g/mol. The third kappa shape index (κ3) is 1.29. The van der Waals surface area contributed by atoms with E-state index in [4.69, 9.17) is 0 Å². The van der Waals surface area contributed by atoms with Crippen molar-refractivity contribution in [1.29, 1.82) is 0 Å². The summed E-state index contributed by atoms with van der Waals surface area (Å²) in [5.41, 5.74) is 5.21. The van der Waals surface area contributed by atoms with Crippen LogP contribution in [0.25, 0.3) is 10.9 Å². The number of nitrogens with one attached hydrogen (secondary N) is 1. The first-order valence-electron chi connectivity index (χ1n) is 5.35. The third-order valence-electron chi connectivity index (χ3n) is 3.19. The Bertz CT molecular complexity index is 551. The second-order valence-electron chi connectivity index (χ2n) is 4.36. The van der Waals surface area contributed by atoms with Crippen LogP contribution in [0.1, 0.15) is 23.6 Å². The van der Waals surface area contributed by atoms with Crippen molar-refractivity contribution < 1.29 is 4.79 Å². The Balaban J connectivity index is 2.16. The second kappa shape index (κ2) is 2.96. The Morgan fingerprint density at radius 3 is 2.73 bits per heavy atom. The van der Waals surface area contributed by atoms with Crippen LogP contribution >= 0.6 is 0 Å². The Morgan fingerprint density at radius 2 is 2.07 bits per heavy atom. The molecule has 0 aliphatic heterocycles. The van der Waals surface area contributed by atoms with Gasteiger partial charge in [0, 0.05) is 23.5 Å². The summed E-state index contributed by atoms with van der Waals surface area (Å²) in [7, 11) is 0. The number of rotatable bonds is 2. The summed E-state index contributed by atoms with van der Waals surface area (Å²) in [6, 6.07) is 4.46. The number of benzene rings is 1. The van der Waals surface area contributed by atoms with E-state index in [-0.39, 0.29) is 5.78 Å². The van der Waals surface area contributed by atoms with Gasteiger partial charge in [-0.2, -0.15) is 0 Å². The lowest BCUT2D eigenvalue weighted by molar-refractivity contribution is -0.116. The van der Waals surface area contributed by atoms with Crippen molar-refractivity contribution in [2.45, 2.75) is 26.2 Å².